The SMILES string of the molecule is S=CCOCCOCC=S. The van der Waals surface area contributed by atoms with Crippen molar-refractivity contribution in [2.75, 3.05) is 26.4 Å². The second-order valence-corrected chi connectivity index (χ2v) is 2.15. The van der Waals surface area contributed by atoms with Gasteiger partial charge in [-0.05, 0) is 0 Å². The van der Waals surface area contributed by atoms with Gasteiger partial charge in [0.2, 0.25) is 0 Å². The third kappa shape index (κ3) is 8.10. The number of rotatable bonds is 7. The maximum absolute atomic E-state index is 5.00. The number of ether oxygens (including phenoxy) is 2. The van der Waals surface area contributed by atoms with Crippen LogP contribution in [-0.2, 0) is 9.47 Å². The van der Waals surface area contributed by atoms with Crippen molar-refractivity contribution < 1.29 is 9.47 Å². The molecule has 0 aromatic rings. The van der Waals surface area contributed by atoms with E-state index >= 15 is 0 Å². The van der Waals surface area contributed by atoms with Gasteiger partial charge in [0.25, 0.3) is 0 Å². The van der Waals surface area contributed by atoms with Crippen molar-refractivity contribution in [2.45, 2.75) is 0 Å². The largest absolute Gasteiger partial charge is 0.374 e. The monoisotopic (exact) mass is 178 g/mol. The molecule has 0 aliphatic rings. The minimum atomic E-state index is 0.510. The fourth-order valence-electron chi connectivity index (χ4n) is 0.381. The summed E-state index contributed by atoms with van der Waals surface area (Å²) in [4.78, 5) is 0. The summed E-state index contributed by atoms with van der Waals surface area (Å²) >= 11 is 9.08. The molecule has 0 unspecified atom stereocenters. The molecule has 4 heteroatoms. The zero-order valence-electron chi connectivity index (χ0n) is 5.62. The Labute approximate surface area is 71.5 Å². The van der Waals surface area contributed by atoms with Gasteiger partial charge >= 0.3 is 0 Å². The lowest BCUT2D eigenvalue weighted by Gasteiger charge is -1.99. The predicted molar refractivity (Wildman–Crippen MR) is 48.9 cm³/mol. The van der Waals surface area contributed by atoms with Crippen molar-refractivity contribution in [3.63, 3.8) is 0 Å². The third-order valence-electron chi connectivity index (χ3n) is 0.744. The summed E-state index contributed by atoms with van der Waals surface area (Å²) in [6.07, 6.45) is 0. The molecule has 0 fully saturated rings. The minimum Gasteiger partial charge on any atom is -0.374 e. The first kappa shape index (κ1) is 10.1. The van der Waals surface area contributed by atoms with Gasteiger partial charge in [-0.15, -0.1) is 0 Å². The van der Waals surface area contributed by atoms with E-state index in [1.165, 1.54) is 0 Å². The summed E-state index contributed by atoms with van der Waals surface area (Å²) < 4.78 is 9.99. The molecule has 0 aromatic heterocycles. The van der Waals surface area contributed by atoms with Crippen molar-refractivity contribution in [1.82, 2.24) is 0 Å². The fourth-order valence-corrected chi connectivity index (χ4v) is 0.573. The van der Waals surface area contributed by atoms with E-state index in [0.29, 0.717) is 26.4 Å². The molecule has 0 amide bonds. The molecule has 10 heavy (non-hydrogen) atoms. The maximum atomic E-state index is 5.00. The van der Waals surface area contributed by atoms with Crippen molar-refractivity contribution in [3.05, 3.63) is 0 Å². The highest BCUT2D eigenvalue weighted by Gasteiger charge is 1.84. The lowest BCUT2D eigenvalue weighted by atomic mass is 10.7. The van der Waals surface area contributed by atoms with Gasteiger partial charge in [-0.3, -0.25) is 0 Å². The van der Waals surface area contributed by atoms with Gasteiger partial charge in [0.1, 0.15) is 0 Å². The van der Waals surface area contributed by atoms with E-state index in [-0.39, 0.29) is 0 Å². The average molecular weight is 178 g/mol. The molecule has 0 spiro atoms. The molecule has 0 bridgehead atoms. The van der Waals surface area contributed by atoms with Crippen LogP contribution in [0.15, 0.2) is 0 Å². The van der Waals surface area contributed by atoms with Crippen molar-refractivity contribution in [1.29, 1.82) is 0 Å². The quantitative estimate of drug-likeness (QED) is 0.428. The second-order valence-electron chi connectivity index (χ2n) is 1.48. The number of hydrogen-bond donors (Lipinski definition) is 0. The molecule has 0 N–H and O–H groups in total. The highest BCUT2D eigenvalue weighted by molar-refractivity contribution is 7.79. The van der Waals surface area contributed by atoms with Crippen LogP contribution in [0.4, 0.5) is 0 Å². The molecule has 0 aromatic carbocycles. The minimum absolute atomic E-state index is 0.510. The van der Waals surface area contributed by atoms with Crippen LogP contribution >= 0.6 is 24.4 Å². The molecule has 58 valence electrons. The first-order chi connectivity index (χ1) is 4.91. The molecule has 0 saturated heterocycles. The Morgan fingerprint density at radius 2 is 1.30 bits per heavy atom. The van der Waals surface area contributed by atoms with E-state index in [4.69, 9.17) is 9.47 Å². The van der Waals surface area contributed by atoms with Crippen LogP contribution in [-0.4, -0.2) is 37.2 Å². The lowest BCUT2D eigenvalue weighted by molar-refractivity contribution is 0.0819. The van der Waals surface area contributed by atoms with Gasteiger partial charge in [0.05, 0.1) is 26.4 Å². The highest BCUT2D eigenvalue weighted by atomic mass is 32.1. The van der Waals surface area contributed by atoms with Crippen molar-refractivity contribution >= 4 is 35.2 Å². The Bertz CT molecular complexity index is 83.7. The Hall–Kier alpha value is 0.100. The Kier molecular flexibility index (Phi) is 9.19. The third-order valence-corrected chi connectivity index (χ3v) is 1.02. The van der Waals surface area contributed by atoms with E-state index in [1.54, 1.807) is 10.7 Å². The van der Waals surface area contributed by atoms with Gasteiger partial charge in [-0.1, -0.05) is 24.4 Å². The normalized spacial score (nSPS) is 9.20. The van der Waals surface area contributed by atoms with Gasteiger partial charge in [0.15, 0.2) is 0 Å². The molecule has 0 saturated carbocycles. The fraction of sp³-hybridized carbons (Fsp3) is 0.667. The Morgan fingerprint density at radius 3 is 1.60 bits per heavy atom. The van der Waals surface area contributed by atoms with E-state index in [0.717, 1.165) is 0 Å². The van der Waals surface area contributed by atoms with Crippen LogP contribution in [0, 0.1) is 0 Å². The van der Waals surface area contributed by atoms with Crippen LogP contribution in [0.25, 0.3) is 0 Å². The van der Waals surface area contributed by atoms with Crippen LogP contribution < -0.4 is 0 Å². The van der Waals surface area contributed by atoms with Crippen LogP contribution in [0.1, 0.15) is 0 Å². The second kappa shape index (κ2) is 9.10. The molecule has 0 aliphatic heterocycles. The summed E-state index contributed by atoms with van der Waals surface area (Å²) in [5.74, 6) is 0. The van der Waals surface area contributed by atoms with E-state index in [9.17, 15) is 0 Å². The number of thiocarbonyl (C=S) groups is 2. The van der Waals surface area contributed by atoms with Crippen LogP contribution in [0.5, 0.6) is 0 Å². The molecule has 2 nitrogen and oxygen atoms in total. The first-order valence-corrected chi connectivity index (χ1v) is 3.89. The zero-order chi connectivity index (χ0) is 7.66. The first-order valence-electron chi connectivity index (χ1n) is 2.94. The average Bonchev–Trinajstić information content (AvgIpc) is 1.97. The summed E-state index contributed by atoms with van der Waals surface area (Å²) in [6.45, 7) is 2.18. The summed E-state index contributed by atoms with van der Waals surface area (Å²) in [5, 5.41) is 3.08. The summed E-state index contributed by atoms with van der Waals surface area (Å²) in [7, 11) is 0. The molecule has 0 rings (SSSR count). The van der Waals surface area contributed by atoms with Crippen LogP contribution in [0.2, 0.25) is 0 Å². The molecule has 0 aliphatic carbocycles. The van der Waals surface area contributed by atoms with Gasteiger partial charge in [-0.25, -0.2) is 0 Å². The summed E-state index contributed by atoms with van der Waals surface area (Å²) in [6, 6.07) is 0. The van der Waals surface area contributed by atoms with Gasteiger partial charge < -0.3 is 9.47 Å². The lowest BCUT2D eigenvalue weighted by Crippen LogP contribution is -2.06. The zero-order valence-corrected chi connectivity index (χ0v) is 7.25. The molecular weight excluding hydrogens is 168 g/mol. The van der Waals surface area contributed by atoms with E-state index < -0.39 is 0 Å². The maximum Gasteiger partial charge on any atom is 0.0750 e. The summed E-state index contributed by atoms with van der Waals surface area (Å²) in [5.41, 5.74) is 0. The van der Waals surface area contributed by atoms with Gasteiger partial charge in [-0.2, -0.15) is 0 Å². The van der Waals surface area contributed by atoms with Gasteiger partial charge in [0, 0.05) is 10.7 Å². The molecular formula is C6H10O2S2. The topological polar surface area (TPSA) is 18.5 Å². The molecule has 0 heterocycles. The van der Waals surface area contributed by atoms with Crippen molar-refractivity contribution in [2.24, 2.45) is 0 Å². The standard InChI is InChI=1S/C6H10O2S2/c9-5-3-7-1-2-8-4-6-10/h5-6H,1-4H2. The van der Waals surface area contributed by atoms with Crippen molar-refractivity contribution in [3.8, 4) is 0 Å². The highest BCUT2D eigenvalue weighted by Crippen LogP contribution is 1.75. The van der Waals surface area contributed by atoms with E-state index in [1.807, 2.05) is 0 Å². The van der Waals surface area contributed by atoms with E-state index in [2.05, 4.69) is 24.4 Å². The molecule has 0 atom stereocenters. The van der Waals surface area contributed by atoms with Crippen LogP contribution in [0.3, 0.4) is 0 Å². The predicted octanol–water partition coefficient (Wildman–Crippen LogP) is 1.02. The Morgan fingerprint density at radius 1 is 0.900 bits per heavy atom. The smallest absolute Gasteiger partial charge is 0.0750 e. The Balaban J connectivity index is 2.76. The molecule has 0 radical (unpaired) electrons. The number of hydrogen-bond acceptors (Lipinski definition) is 4.